The molecule has 0 aliphatic carbocycles. The first-order chi connectivity index (χ1) is 14.3. The van der Waals surface area contributed by atoms with E-state index in [1.54, 1.807) is 14.2 Å². The number of nitrogens with zero attached hydrogens (tertiary/aromatic N) is 3. The van der Waals surface area contributed by atoms with Gasteiger partial charge in [0.15, 0.2) is 17.3 Å². The highest BCUT2D eigenvalue weighted by Gasteiger charge is 2.20. The Morgan fingerprint density at radius 1 is 1.00 bits per heavy atom. The second kappa shape index (κ2) is 8.99. The smallest absolute Gasteiger partial charge is 0.163 e. The molecular weight excluding hydrogens is 414 g/mol. The summed E-state index contributed by atoms with van der Waals surface area (Å²) in [6.45, 7) is 3.09. The molecule has 2 aromatic rings. The maximum absolute atomic E-state index is 8.60. The van der Waals surface area contributed by atoms with E-state index in [0.717, 1.165) is 52.8 Å². The van der Waals surface area contributed by atoms with E-state index in [0.29, 0.717) is 11.5 Å². The molecule has 30 heavy (non-hydrogen) atoms. The number of aromatic nitrogens is 3. The van der Waals surface area contributed by atoms with Crippen molar-refractivity contribution in [2.24, 2.45) is 0 Å². The Balaban J connectivity index is 0.000000461. The van der Waals surface area contributed by atoms with Crippen LogP contribution in [0.15, 0.2) is 36.4 Å². The number of aryl methyl sites for hydroxylation is 1. The van der Waals surface area contributed by atoms with Crippen LogP contribution in [-0.2, 0) is 6.54 Å². The van der Waals surface area contributed by atoms with E-state index in [4.69, 9.17) is 38.1 Å². The van der Waals surface area contributed by atoms with E-state index in [-0.39, 0.29) is 0 Å². The predicted octanol–water partition coefficient (Wildman–Crippen LogP) is 0.383. The van der Waals surface area contributed by atoms with Gasteiger partial charge < -0.3 is 14.0 Å². The van der Waals surface area contributed by atoms with E-state index >= 15 is 0 Å². The fraction of sp³-hybridized carbons (Fsp3) is 0.300. The molecule has 0 amide bonds. The fourth-order valence-electron chi connectivity index (χ4n) is 3.30. The van der Waals surface area contributed by atoms with Crippen LogP contribution in [0.2, 0.25) is 0 Å². The second-order valence-corrected chi connectivity index (χ2v) is 7.30. The van der Waals surface area contributed by atoms with Crippen molar-refractivity contribution in [2.45, 2.75) is 26.3 Å². The van der Waals surface area contributed by atoms with Gasteiger partial charge in [0.05, 0.1) is 45.7 Å². The Morgan fingerprint density at radius 3 is 2.27 bits per heavy atom. The van der Waals surface area contributed by atoms with Crippen molar-refractivity contribution in [2.75, 3.05) is 14.2 Å². The van der Waals surface area contributed by atoms with E-state index in [1.807, 2.05) is 30.3 Å². The van der Waals surface area contributed by atoms with Crippen LogP contribution >= 0.6 is 0 Å². The lowest BCUT2D eigenvalue weighted by molar-refractivity contribution is -1.92. The Morgan fingerprint density at radius 2 is 1.63 bits per heavy atom. The first-order valence-corrected chi connectivity index (χ1v) is 10.5. The average molecular weight is 436 g/mol. The third-order valence-electron chi connectivity index (χ3n) is 4.59. The zero-order valence-electron chi connectivity index (χ0n) is 16.8. The number of para-hydroxylation sites is 1. The molecule has 2 heterocycles. The SMILES string of the molecule is CCCCn1c2nc3ccccc3c-2nc2cc(OC)c(OC)cc21.[O-][Cl+3]([O-])([O-])O. The largest absolute Gasteiger partial charge is 0.493 e. The average Bonchev–Trinajstić information content (AvgIpc) is 3.07. The minimum absolute atomic E-state index is 0.688. The first-order valence-electron chi connectivity index (χ1n) is 9.20. The van der Waals surface area contributed by atoms with Crippen molar-refractivity contribution >= 4 is 21.9 Å². The predicted molar refractivity (Wildman–Crippen MR) is 102 cm³/mol. The molecule has 1 N–H and O–H groups in total. The Kier molecular flexibility index (Phi) is 6.59. The monoisotopic (exact) mass is 435 g/mol. The molecule has 2 aromatic carbocycles. The molecule has 0 unspecified atom stereocenters. The van der Waals surface area contributed by atoms with Crippen molar-refractivity contribution in [3.63, 3.8) is 0 Å². The van der Waals surface area contributed by atoms with Crippen LogP contribution in [0.4, 0.5) is 0 Å². The van der Waals surface area contributed by atoms with Crippen molar-refractivity contribution in [1.29, 1.82) is 0 Å². The number of halogens is 1. The van der Waals surface area contributed by atoms with Gasteiger partial charge >= 0.3 is 0 Å². The summed E-state index contributed by atoms with van der Waals surface area (Å²) in [5.41, 5.74) is 3.82. The zero-order valence-corrected chi connectivity index (χ0v) is 17.5. The molecule has 2 aliphatic heterocycles. The summed E-state index contributed by atoms with van der Waals surface area (Å²) in [4.78, 5) is 9.74. The second-order valence-electron chi connectivity index (χ2n) is 6.51. The lowest BCUT2D eigenvalue weighted by Gasteiger charge is -2.17. The molecule has 0 aromatic heterocycles. The number of benzene rings is 2. The molecule has 0 radical (unpaired) electrons. The maximum Gasteiger partial charge on any atom is 0.163 e. The maximum atomic E-state index is 8.60. The normalized spacial score (nSPS) is 11.6. The number of fused-ring (bicyclic) bond motifs is 4. The highest BCUT2D eigenvalue weighted by Crippen LogP contribution is 2.37. The number of hydrogen-bond acceptors (Lipinski definition) is 8. The molecular formula is C20H22ClN3O6. The summed E-state index contributed by atoms with van der Waals surface area (Å²) >= 11 is 0. The van der Waals surface area contributed by atoms with Crippen LogP contribution in [0.5, 0.6) is 11.5 Å². The Hall–Kier alpha value is -2.69. The van der Waals surface area contributed by atoms with Crippen LogP contribution < -0.4 is 23.5 Å². The summed E-state index contributed by atoms with van der Waals surface area (Å²) in [5.74, 6) is 2.32. The van der Waals surface area contributed by atoms with Gasteiger partial charge in [-0.15, -0.1) is 0 Å². The molecule has 2 aliphatic rings. The Labute approximate surface area is 175 Å². The quantitative estimate of drug-likeness (QED) is 0.474. The van der Waals surface area contributed by atoms with E-state index in [2.05, 4.69) is 17.6 Å². The van der Waals surface area contributed by atoms with Crippen molar-refractivity contribution < 1.29 is 38.4 Å². The molecule has 0 saturated heterocycles. The zero-order chi connectivity index (χ0) is 21.9. The molecule has 0 spiro atoms. The van der Waals surface area contributed by atoms with Gasteiger partial charge in [-0.2, -0.15) is 14.0 Å². The van der Waals surface area contributed by atoms with E-state index < -0.39 is 10.2 Å². The molecule has 0 fully saturated rings. The van der Waals surface area contributed by atoms with Gasteiger partial charge in [0, 0.05) is 24.1 Å². The van der Waals surface area contributed by atoms with Crippen LogP contribution in [0.1, 0.15) is 19.8 Å². The van der Waals surface area contributed by atoms with Crippen LogP contribution in [0.25, 0.3) is 33.5 Å². The first kappa shape index (κ1) is 22.0. The number of unbranched alkanes of at least 4 members (excludes halogenated alkanes) is 1. The van der Waals surface area contributed by atoms with Gasteiger partial charge in [-0.25, -0.2) is 9.97 Å². The fourth-order valence-corrected chi connectivity index (χ4v) is 3.30. The number of methoxy groups -OCH3 is 2. The van der Waals surface area contributed by atoms with Crippen molar-refractivity contribution in [1.82, 2.24) is 14.5 Å². The van der Waals surface area contributed by atoms with Gasteiger partial charge in [0.1, 0.15) is 5.69 Å². The third kappa shape index (κ3) is 4.72. The molecule has 0 bridgehead atoms. The summed E-state index contributed by atoms with van der Waals surface area (Å²) in [6, 6.07) is 12.1. The van der Waals surface area contributed by atoms with Gasteiger partial charge in [-0.05, 0) is 12.5 Å². The molecule has 4 rings (SSSR count). The van der Waals surface area contributed by atoms with E-state index in [1.165, 1.54) is 0 Å². The molecule has 0 saturated carbocycles. The van der Waals surface area contributed by atoms with Gasteiger partial charge in [-0.1, -0.05) is 31.5 Å². The third-order valence-corrected chi connectivity index (χ3v) is 4.59. The minimum atomic E-state index is -4.69. The molecule has 160 valence electrons. The minimum Gasteiger partial charge on any atom is -0.493 e. The van der Waals surface area contributed by atoms with Crippen LogP contribution in [-0.4, -0.2) is 33.4 Å². The lowest BCUT2D eigenvalue weighted by atomic mass is 10.2. The summed E-state index contributed by atoms with van der Waals surface area (Å²) < 4.78 is 45.9. The van der Waals surface area contributed by atoms with Gasteiger partial charge in [0.25, 0.3) is 0 Å². The summed E-state index contributed by atoms with van der Waals surface area (Å²) in [7, 11) is -1.39. The number of rotatable bonds is 5. The molecule has 9 nitrogen and oxygen atoms in total. The topological polar surface area (TPSA) is 139 Å². The standard InChI is InChI=1S/C20H21N3O2.ClHO4/c1-4-5-10-23-16-12-18(25-3)17(24-2)11-15(16)21-19-13-8-6-7-9-14(13)22-20(19)23;2-1(3,4)5/h6-9,11-12H,4-5,10H2,1-3H3;(H,2,3,4,5). The van der Waals surface area contributed by atoms with Crippen molar-refractivity contribution in [3.05, 3.63) is 36.4 Å². The Bertz CT molecular complexity index is 1120. The van der Waals surface area contributed by atoms with Crippen molar-refractivity contribution in [3.8, 4) is 23.0 Å². The van der Waals surface area contributed by atoms with Gasteiger partial charge in [0.2, 0.25) is 0 Å². The highest BCUT2D eigenvalue weighted by molar-refractivity contribution is 5.97. The van der Waals surface area contributed by atoms with Crippen LogP contribution in [0, 0.1) is 10.2 Å². The highest BCUT2D eigenvalue weighted by atomic mass is 35.7. The number of ether oxygens (including phenoxy) is 2. The number of hydrogen-bond donors (Lipinski definition) is 1. The molecule has 10 heteroatoms. The molecule has 0 atom stereocenters. The summed E-state index contributed by atoms with van der Waals surface area (Å²) in [6.07, 6.45) is 2.20. The van der Waals surface area contributed by atoms with E-state index in [9.17, 15) is 0 Å². The van der Waals surface area contributed by atoms with Gasteiger partial charge in [-0.3, -0.25) is 0 Å². The van der Waals surface area contributed by atoms with Crippen LogP contribution in [0.3, 0.4) is 0 Å². The summed E-state index contributed by atoms with van der Waals surface area (Å²) in [5, 5.41) is 1.08. The lowest BCUT2D eigenvalue weighted by Crippen LogP contribution is -2.58.